The molecule has 0 bridgehead atoms. The molecular formula is C14H11F3N2O2. The standard InChI is InChI=1S/C14H11F3N2O2/c15-14(16,17)10-5-1-2-6-11(10)18-8-9-4-3-7-12(19-9)13(20)21/h1-7,18H,8H2,(H,20,21). The molecule has 2 aromatic rings. The van der Waals surface area contributed by atoms with E-state index in [0.717, 1.165) is 6.07 Å². The summed E-state index contributed by atoms with van der Waals surface area (Å²) in [6.07, 6.45) is -4.46. The van der Waals surface area contributed by atoms with E-state index in [4.69, 9.17) is 5.11 Å². The molecule has 0 aliphatic heterocycles. The van der Waals surface area contributed by atoms with E-state index in [1.807, 2.05) is 0 Å². The van der Waals surface area contributed by atoms with E-state index >= 15 is 0 Å². The summed E-state index contributed by atoms with van der Waals surface area (Å²) in [6.45, 7) is -0.00574. The summed E-state index contributed by atoms with van der Waals surface area (Å²) in [7, 11) is 0. The molecule has 0 unspecified atom stereocenters. The number of carbonyl (C=O) groups is 1. The van der Waals surface area contributed by atoms with Crippen LogP contribution in [0.2, 0.25) is 0 Å². The highest BCUT2D eigenvalue weighted by molar-refractivity contribution is 5.85. The van der Waals surface area contributed by atoms with Crippen LogP contribution in [0.1, 0.15) is 21.7 Å². The topological polar surface area (TPSA) is 62.2 Å². The Morgan fingerprint density at radius 1 is 1.14 bits per heavy atom. The fraction of sp³-hybridized carbons (Fsp3) is 0.143. The highest BCUT2D eigenvalue weighted by Crippen LogP contribution is 2.34. The number of alkyl halides is 3. The Labute approximate surface area is 118 Å². The van der Waals surface area contributed by atoms with Gasteiger partial charge >= 0.3 is 12.1 Å². The molecule has 110 valence electrons. The summed E-state index contributed by atoms with van der Waals surface area (Å²) in [6, 6.07) is 9.41. The van der Waals surface area contributed by atoms with Gasteiger partial charge in [-0.15, -0.1) is 0 Å². The number of anilines is 1. The molecule has 0 saturated carbocycles. The third-order valence-electron chi connectivity index (χ3n) is 2.72. The van der Waals surface area contributed by atoms with Crippen LogP contribution in [0.4, 0.5) is 18.9 Å². The third kappa shape index (κ3) is 3.71. The first-order valence-electron chi connectivity index (χ1n) is 5.97. The van der Waals surface area contributed by atoms with Crippen molar-refractivity contribution in [2.75, 3.05) is 5.32 Å². The zero-order valence-corrected chi connectivity index (χ0v) is 10.7. The number of halogens is 3. The first kappa shape index (κ1) is 14.8. The van der Waals surface area contributed by atoms with E-state index in [0.29, 0.717) is 5.69 Å². The molecule has 4 nitrogen and oxygen atoms in total. The van der Waals surface area contributed by atoms with Gasteiger partial charge in [0.15, 0.2) is 0 Å². The third-order valence-corrected chi connectivity index (χ3v) is 2.72. The van der Waals surface area contributed by atoms with E-state index in [-0.39, 0.29) is 17.9 Å². The van der Waals surface area contributed by atoms with Crippen LogP contribution < -0.4 is 5.32 Å². The average Bonchev–Trinajstić information content (AvgIpc) is 2.45. The van der Waals surface area contributed by atoms with Gasteiger partial charge in [0.2, 0.25) is 0 Å². The number of nitrogens with one attached hydrogen (secondary N) is 1. The van der Waals surface area contributed by atoms with Gasteiger partial charge in [-0.05, 0) is 24.3 Å². The quantitative estimate of drug-likeness (QED) is 0.907. The van der Waals surface area contributed by atoms with Gasteiger partial charge in [0.1, 0.15) is 5.69 Å². The predicted molar refractivity (Wildman–Crippen MR) is 70.0 cm³/mol. The maximum absolute atomic E-state index is 12.8. The second-order valence-electron chi connectivity index (χ2n) is 4.22. The Morgan fingerprint density at radius 2 is 1.86 bits per heavy atom. The van der Waals surface area contributed by atoms with Gasteiger partial charge in [0, 0.05) is 5.69 Å². The monoisotopic (exact) mass is 296 g/mol. The molecule has 0 aliphatic carbocycles. The fourth-order valence-corrected chi connectivity index (χ4v) is 1.77. The maximum atomic E-state index is 12.8. The van der Waals surface area contributed by atoms with Crippen molar-refractivity contribution in [3.8, 4) is 0 Å². The second kappa shape index (κ2) is 5.82. The Hall–Kier alpha value is -2.57. The van der Waals surface area contributed by atoms with Crippen LogP contribution in [0, 0.1) is 0 Å². The lowest BCUT2D eigenvalue weighted by Gasteiger charge is -2.14. The number of hydrogen-bond donors (Lipinski definition) is 2. The average molecular weight is 296 g/mol. The van der Waals surface area contributed by atoms with Crippen molar-refractivity contribution in [1.29, 1.82) is 0 Å². The van der Waals surface area contributed by atoms with E-state index in [2.05, 4.69) is 10.3 Å². The number of aromatic nitrogens is 1. The fourth-order valence-electron chi connectivity index (χ4n) is 1.77. The molecule has 1 aromatic carbocycles. The molecule has 1 heterocycles. The van der Waals surface area contributed by atoms with Gasteiger partial charge < -0.3 is 10.4 Å². The van der Waals surface area contributed by atoms with Crippen molar-refractivity contribution in [3.63, 3.8) is 0 Å². The maximum Gasteiger partial charge on any atom is 0.418 e. The minimum atomic E-state index is -4.46. The smallest absolute Gasteiger partial charge is 0.418 e. The Morgan fingerprint density at radius 3 is 2.52 bits per heavy atom. The van der Waals surface area contributed by atoms with E-state index in [9.17, 15) is 18.0 Å². The van der Waals surface area contributed by atoms with Crippen molar-refractivity contribution in [3.05, 3.63) is 59.4 Å². The Bertz CT molecular complexity index is 657. The number of pyridine rings is 1. The summed E-state index contributed by atoms with van der Waals surface area (Å²) in [4.78, 5) is 14.6. The molecule has 2 N–H and O–H groups in total. The molecule has 1 aromatic heterocycles. The summed E-state index contributed by atoms with van der Waals surface area (Å²) in [5.41, 5.74) is -0.669. The van der Waals surface area contributed by atoms with Crippen LogP contribution in [-0.2, 0) is 12.7 Å². The van der Waals surface area contributed by atoms with E-state index in [1.165, 1.54) is 36.4 Å². The molecule has 0 atom stereocenters. The number of nitrogens with zero attached hydrogens (tertiary/aromatic N) is 1. The SMILES string of the molecule is O=C(O)c1cccc(CNc2ccccc2C(F)(F)F)n1. The van der Waals surface area contributed by atoms with Crippen LogP contribution in [-0.4, -0.2) is 16.1 Å². The minimum absolute atomic E-state index is 0.00574. The van der Waals surface area contributed by atoms with E-state index < -0.39 is 17.7 Å². The number of carboxylic acid groups (broad SMARTS) is 1. The highest BCUT2D eigenvalue weighted by atomic mass is 19.4. The number of aromatic carboxylic acids is 1. The van der Waals surface area contributed by atoms with Gasteiger partial charge in [-0.3, -0.25) is 0 Å². The summed E-state index contributed by atoms with van der Waals surface area (Å²) in [5, 5.41) is 11.4. The number of rotatable bonds is 4. The molecule has 0 spiro atoms. The van der Waals surface area contributed by atoms with Gasteiger partial charge in [-0.25, -0.2) is 9.78 Å². The molecule has 7 heteroatoms. The molecular weight excluding hydrogens is 285 g/mol. The molecule has 21 heavy (non-hydrogen) atoms. The van der Waals surface area contributed by atoms with Crippen molar-refractivity contribution in [2.45, 2.75) is 12.7 Å². The molecule has 2 rings (SSSR count). The number of hydrogen-bond acceptors (Lipinski definition) is 3. The van der Waals surface area contributed by atoms with Crippen LogP contribution >= 0.6 is 0 Å². The number of carboxylic acids is 1. The lowest BCUT2D eigenvalue weighted by molar-refractivity contribution is -0.137. The van der Waals surface area contributed by atoms with Gasteiger partial charge in [0.05, 0.1) is 17.8 Å². The lowest BCUT2D eigenvalue weighted by Crippen LogP contribution is -2.12. The molecule has 0 aliphatic rings. The van der Waals surface area contributed by atoms with Crippen molar-refractivity contribution >= 4 is 11.7 Å². The Kier molecular flexibility index (Phi) is 4.11. The first-order valence-corrected chi connectivity index (χ1v) is 5.97. The largest absolute Gasteiger partial charge is 0.477 e. The molecule has 0 amide bonds. The van der Waals surface area contributed by atoms with Crippen LogP contribution in [0.15, 0.2) is 42.5 Å². The van der Waals surface area contributed by atoms with Crippen LogP contribution in [0.3, 0.4) is 0 Å². The lowest BCUT2D eigenvalue weighted by atomic mass is 10.1. The van der Waals surface area contributed by atoms with Gasteiger partial charge in [0.25, 0.3) is 0 Å². The first-order chi connectivity index (χ1) is 9.88. The Balaban J connectivity index is 2.17. The van der Waals surface area contributed by atoms with Crippen molar-refractivity contribution in [2.24, 2.45) is 0 Å². The number of benzene rings is 1. The van der Waals surface area contributed by atoms with Crippen molar-refractivity contribution in [1.82, 2.24) is 4.98 Å². The van der Waals surface area contributed by atoms with Gasteiger partial charge in [-0.1, -0.05) is 18.2 Å². The van der Waals surface area contributed by atoms with Crippen LogP contribution in [0.25, 0.3) is 0 Å². The van der Waals surface area contributed by atoms with Gasteiger partial charge in [-0.2, -0.15) is 13.2 Å². The zero-order valence-electron chi connectivity index (χ0n) is 10.7. The zero-order chi connectivity index (χ0) is 15.5. The molecule has 0 fully saturated rings. The summed E-state index contributed by atoms with van der Waals surface area (Å²) < 4.78 is 38.4. The summed E-state index contributed by atoms with van der Waals surface area (Å²) >= 11 is 0. The molecule has 0 saturated heterocycles. The second-order valence-corrected chi connectivity index (χ2v) is 4.22. The van der Waals surface area contributed by atoms with Crippen molar-refractivity contribution < 1.29 is 23.1 Å². The predicted octanol–water partition coefficient (Wildman–Crippen LogP) is 3.41. The summed E-state index contributed by atoms with van der Waals surface area (Å²) in [5.74, 6) is -1.19. The highest BCUT2D eigenvalue weighted by Gasteiger charge is 2.33. The normalized spacial score (nSPS) is 11.2. The number of para-hydroxylation sites is 1. The van der Waals surface area contributed by atoms with Crippen LogP contribution in [0.5, 0.6) is 0 Å². The van der Waals surface area contributed by atoms with E-state index in [1.54, 1.807) is 0 Å². The minimum Gasteiger partial charge on any atom is -0.477 e. The molecule has 0 radical (unpaired) electrons.